The Hall–Kier alpha value is -2.87. The fourth-order valence-corrected chi connectivity index (χ4v) is 4.99. The van der Waals surface area contributed by atoms with E-state index >= 15 is 0 Å². The van der Waals surface area contributed by atoms with Crippen molar-refractivity contribution in [3.05, 3.63) is 34.5 Å². The maximum absolute atomic E-state index is 13.1. The van der Waals surface area contributed by atoms with E-state index in [0.29, 0.717) is 22.1 Å². The first-order valence-electron chi connectivity index (χ1n) is 10.1. The van der Waals surface area contributed by atoms with Crippen molar-refractivity contribution < 1.29 is 14.3 Å². The van der Waals surface area contributed by atoms with E-state index in [1.54, 1.807) is 32.4 Å². The Balaban J connectivity index is 1.69. The van der Waals surface area contributed by atoms with Crippen LogP contribution in [0, 0.1) is 13.8 Å². The van der Waals surface area contributed by atoms with Gasteiger partial charge in [0.2, 0.25) is 0 Å². The van der Waals surface area contributed by atoms with E-state index in [1.807, 2.05) is 13.8 Å². The summed E-state index contributed by atoms with van der Waals surface area (Å²) in [6, 6.07) is 5.32. The number of carbonyl (C=O) groups excluding carboxylic acids is 1. The molecular formula is C22H26N4O3S. The molecule has 1 saturated heterocycles. The molecule has 0 saturated carbocycles. The molecule has 0 bridgehead atoms. The van der Waals surface area contributed by atoms with Crippen LogP contribution in [0.3, 0.4) is 0 Å². The number of methoxy groups -OCH3 is 2. The fraction of sp³-hybridized carbons (Fsp3) is 0.409. The average molecular weight is 427 g/mol. The topological polar surface area (TPSA) is 76.6 Å². The molecule has 1 N–H and O–H groups in total. The van der Waals surface area contributed by atoms with Crippen molar-refractivity contribution in [3.63, 3.8) is 0 Å². The molecule has 3 aromatic rings. The number of aryl methyl sites for hydroxylation is 2. The molecule has 1 aliphatic rings. The van der Waals surface area contributed by atoms with Crippen LogP contribution in [0.1, 0.15) is 40.3 Å². The molecule has 1 fully saturated rings. The van der Waals surface area contributed by atoms with Crippen molar-refractivity contribution in [2.24, 2.45) is 0 Å². The van der Waals surface area contributed by atoms with Crippen LogP contribution in [0.4, 0.5) is 11.5 Å². The zero-order chi connectivity index (χ0) is 21.3. The third-order valence-electron chi connectivity index (χ3n) is 5.39. The van der Waals surface area contributed by atoms with Gasteiger partial charge in [-0.3, -0.25) is 4.79 Å². The molecule has 158 valence electrons. The van der Waals surface area contributed by atoms with Gasteiger partial charge in [-0.1, -0.05) is 0 Å². The number of nitrogens with zero attached hydrogens (tertiary/aromatic N) is 3. The Kier molecular flexibility index (Phi) is 5.76. The van der Waals surface area contributed by atoms with Gasteiger partial charge in [-0.2, -0.15) is 0 Å². The summed E-state index contributed by atoms with van der Waals surface area (Å²) in [5.41, 5.74) is 1.57. The van der Waals surface area contributed by atoms with Crippen molar-refractivity contribution in [3.8, 4) is 11.5 Å². The second-order valence-electron chi connectivity index (χ2n) is 7.40. The van der Waals surface area contributed by atoms with Crippen LogP contribution in [0.15, 0.2) is 18.2 Å². The SMILES string of the molecule is COc1ccc(NC(=O)c2sc3nc(C)nc(N4CCCCC4)c3c2C)cc1OC. The molecule has 1 aromatic carbocycles. The highest BCUT2D eigenvalue weighted by Gasteiger charge is 2.24. The highest BCUT2D eigenvalue weighted by atomic mass is 32.1. The Morgan fingerprint density at radius 1 is 1.07 bits per heavy atom. The smallest absolute Gasteiger partial charge is 0.266 e. The lowest BCUT2D eigenvalue weighted by Crippen LogP contribution is -2.30. The van der Waals surface area contributed by atoms with Crippen LogP contribution in [-0.2, 0) is 0 Å². The maximum Gasteiger partial charge on any atom is 0.266 e. The number of hydrogen-bond donors (Lipinski definition) is 1. The van der Waals surface area contributed by atoms with Crippen molar-refractivity contribution >= 4 is 39.0 Å². The fourth-order valence-electron chi connectivity index (χ4n) is 3.87. The number of hydrogen-bond acceptors (Lipinski definition) is 7. The number of piperidine rings is 1. The molecule has 3 heterocycles. The van der Waals surface area contributed by atoms with Crippen molar-refractivity contribution in [2.45, 2.75) is 33.1 Å². The largest absolute Gasteiger partial charge is 0.493 e. The normalized spacial score (nSPS) is 14.1. The highest BCUT2D eigenvalue weighted by Crippen LogP contribution is 2.37. The molecular weight excluding hydrogens is 400 g/mol. The Morgan fingerprint density at radius 2 is 1.80 bits per heavy atom. The van der Waals surface area contributed by atoms with Gasteiger partial charge in [0.15, 0.2) is 11.5 Å². The van der Waals surface area contributed by atoms with E-state index in [1.165, 1.54) is 30.6 Å². The summed E-state index contributed by atoms with van der Waals surface area (Å²) in [5.74, 6) is 2.71. The van der Waals surface area contributed by atoms with Gasteiger partial charge in [-0.25, -0.2) is 9.97 Å². The highest BCUT2D eigenvalue weighted by molar-refractivity contribution is 7.20. The van der Waals surface area contributed by atoms with E-state index in [9.17, 15) is 4.79 Å². The molecule has 2 aromatic heterocycles. The summed E-state index contributed by atoms with van der Waals surface area (Å²) < 4.78 is 10.6. The van der Waals surface area contributed by atoms with Crippen molar-refractivity contribution in [1.82, 2.24) is 9.97 Å². The molecule has 4 rings (SSSR count). The van der Waals surface area contributed by atoms with Crippen LogP contribution in [-0.4, -0.2) is 43.2 Å². The number of anilines is 2. The number of aromatic nitrogens is 2. The quantitative estimate of drug-likeness (QED) is 0.644. The standard InChI is InChI=1S/C22H26N4O3S/c1-13-18-20(26-10-6-5-7-11-26)23-14(2)24-22(18)30-19(13)21(27)25-15-8-9-16(28-3)17(12-15)29-4/h8-9,12H,5-7,10-11H2,1-4H3,(H,25,27). The summed E-state index contributed by atoms with van der Waals surface area (Å²) in [7, 11) is 3.16. The molecule has 0 spiro atoms. The van der Waals surface area contributed by atoms with Gasteiger partial charge in [0.1, 0.15) is 16.5 Å². The molecule has 8 heteroatoms. The maximum atomic E-state index is 13.1. The minimum atomic E-state index is -0.162. The summed E-state index contributed by atoms with van der Waals surface area (Å²) in [5, 5.41) is 3.96. The summed E-state index contributed by atoms with van der Waals surface area (Å²) in [6.45, 7) is 5.88. The molecule has 0 aliphatic carbocycles. The van der Waals surface area contributed by atoms with Gasteiger partial charge in [0.05, 0.1) is 24.5 Å². The van der Waals surface area contributed by atoms with Gasteiger partial charge >= 0.3 is 0 Å². The number of fused-ring (bicyclic) bond motifs is 1. The van der Waals surface area contributed by atoms with Crippen LogP contribution >= 0.6 is 11.3 Å². The Morgan fingerprint density at radius 3 is 2.50 bits per heavy atom. The minimum absolute atomic E-state index is 0.162. The second kappa shape index (κ2) is 8.47. The number of ether oxygens (including phenoxy) is 2. The molecule has 30 heavy (non-hydrogen) atoms. The van der Waals surface area contributed by atoms with Crippen LogP contribution in [0.5, 0.6) is 11.5 Å². The van der Waals surface area contributed by atoms with E-state index < -0.39 is 0 Å². The number of amides is 1. The Labute approximate surface area is 180 Å². The monoisotopic (exact) mass is 426 g/mol. The van der Waals surface area contributed by atoms with Crippen molar-refractivity contribution in [2.75, 3.05) is 37.5 Å². The minimum Gasteiger partial charge on any atom is -0.493 e. The number of rotatable bonds is 5. The van der Waals surface area contributed by atoms with Gasteiger partial charge in [0.25, 0.3) is 5.91 Å². The first-order chi connectivity index (χ1) is 14.5. The number of nitrogens with one attached hydrogen (secondary N) is 1. The van der Waals surface area contributed by atoms with E-state index in [2.05, 4.69) is 15.2 Å². The van der Waals surface area contributed by atoms with Gasteiger partial charge in [-0.05, 0) is 50.8 Å². The summed E-state index contributed by atoms with van der Waals surface area (Å²) in [4.78, 5) is 26.3. The molecule has 0 atom stereocenters. The van der Waals surface area contributed by atoms with E-state index in [4.69, 9.17) is 14.5 Å². The molecule has 0 radical (unpaired) electrons. The number of carbonyl (C=O) groups is 1. The predicted molar refractivity (Wildman–Crippen MR) is 120 cm³/mol. The Bertz CT molecular complexity index is 1090. The third kappa shape index (κ3) is 3.79. The molecule has 1 aliphatic heterocycles. The lowest BCUT2D eigenvalue weighted by Gasteiger charge is -2.28. The zero-order valence-electron chi connectivity index (χ0n) is 17.7. The summed E-state index contributed by atoms with van der Waals surface area (Å²) in [6.07, 6.45) is 3.59. The third-order valence-corrected chi connectivity index (χ3v) is 6.57. The second-order valence-corrected chi connectivity index (χ2v) is 8.40. The average Bonchev–Trinajstić information content (AvgIpc) is 3.09. The molecule has 0 unspecified atom stereocenters. The van der Waals surface area contributed by atoms with Crippen LogP contribution < -0.4 is 19.7 Å². The van der Waals surface area contributed by atoms with Crippen LogP contribution in [0.25, 0.3) is 10.2 Å². The number of benzene rings is 1. The first-order valence-corrected chi connectivity index (χ1v) is 10.9. The van der Waals surface area contributed by atoms with E-state index in [0.717, 1.165) is 40.5 Å². The summed E-state index contributed by atoms with van der Waals surface area (Å²) >= 11 is 1.42. The van der Waals surface area contributed by atoms with E-state index in [-0.39, 0.29) is 5.91 Å². The lowest BCUT2D eigenvalue weighted by molar-refractivity contribution is 0.103. The van der Waals surface area contributed by atoms with Crippen LogP contribution in [0.2, 0.25) is 0 Å². The zero-order valence-corrected chi connectivity index (χ0v) is 18.6. The first kappa shape index (κ1) is 20.4. The lowest BCUT2D eigenvalue weighted by atomic mass is 10.1. The predicted octanol–water partition coefficient (Wildman–Crippen LogP) is 4.57. The molecule has 1 amide bonds. The van der Waals surface area contributed by atoms with Crippen molar-refractivity contribution in [1.29, 1.82) is 0 Å². The van der Waals surface area contributed by atoms with Gasteiger partial charge in [-0.15, -0.1) is 11.3 Å². The van der Waals surface area contributed by atoms with Gasteiger partial charge in [0, 0.05) is 24.8 Å². The number of thiophene rings is 1. The molecule has 7 nitrogen and oxygen atoms in total. The van der Waals surface area contributed by atoms with Gasteiger partial charge < -0.3 is 19.7 Å².